The molecule has 0 fully saturated rings. The molecule has 0 aliphatic carbocycles. The first-order valence-corrected chi connectivity index (χ1v) is 28.1. The van der Waals surface area contributed by atoms with E-state index in [1.807, 2.05) is 6.07 Å². The minimum absolute atomic E-state index is 0.0447. The zero-order chi connectivity index (χ0) is 42.6. The summed E-state index contributed by atoms with van der Waals surface area (Å²) in [5.41, 5.74) is 3.03. The maximum atomic E-state index is 13.2. The number of rotatable bonds is 1. The highest BCUT2D eigenvalue weighted by molar-refractivity contribution is 9.16. The minimum atomic E-state index is -4.99. The predicted molar refractivity (Wildman–Crippen MR) is 279 cm³/mol. The zero-order valence-corrected chi connectivity index (χ0v) is 50.8. The van der Waals surface area contributed by atoms with E-state index in [9.17, 15) is 13.0 Å². The van der Waals surface area contributed by atoms with Crippen molar-refractivity contribution in [2.45, 2.75) is 4.90 Å². The lowest BCUT2D eigenvalue weighted by molar-refractivity contribution is 0.484. The van der Waals surface area contributed by atoms with E-state index in [0.29, 0.717) is 98.0 Å². The highest BCUT2D eigenvalue weighted by Crippen LogP contribution is 2.54. The summed E-state index contributed by atoms with van der Waals surface area (Å²) in [4.78, 5) is 33.0. The molecule has 0 saturated carbocycles. The molecule has 0 spiro atoms. The van der Waals surface area contributed by atoms with Gasteiger partial charge in [0.2, 0.25) is 0 Å². The third-order valence-electron chi connectivity index (χ3n) is 8.96. The van der Waals surface area contributed by atoms with Crippen molar-refractivity contribution in [3.05, 3.63) is 69.2 Å². The molecule has 27 heteroatoms. The number of benzene rings is 4. The van der Waals surface area contributed by atoms with E-state index < -0.39 is 15.0 Å². The number of hydrogen-bond donors (Lipinski definition) is 2. The Bertz CT molecular complexity index is 3510. The summed E-state index contributed by atoms with van der Waals surface area (Å²) >= 11 is 58.5. The highest BCUT2D eigenvalue weighted by atomic mass is 79.9. The van der Waals surface area contributed by atoms with Crippen molar-refractivity contribution in [2.24, 2.45) is 0 Å². The van der Waals surface area contributed by atoms with Crippen LogP contribution in [0.1, 0.15) is 0 Å². The Kier molecular flexibility index (Phi) is 12.4. The molecule has 2 aliphatic rings. The third-order valence-corrected chi connectivity index (χ3v) is 26.2. The molecule has 0 atom stereocenters. The van der Waals surface area contributed by atoms with Crippen LogP contribution in [0.25, 0.3) is 89.7 Å². The van der Waals surface area contributed by atoms with Crippen LogP contribution in [0.5, 0.6) is 0 Å². The van der Waals surface area contributed by atoms with E-state index in [0.717, 1.165) is 0 Å². The summed E-state index contributed by atoms with van der Waals surface area (Å²) < 4.78 is 46.5. The molecule has 0 amide bonds. The molecule has 3 aromatic heterocycles. The summed E-state index contributed by atoms with van der Waals surface area (Å²) in [6.07, 6.45) is 0. The fourth-order valence-electron chi connectivity index (χ4n) is 6.49. The highest BCUT2D eigenvalue weighted by Gasteiger charge is 2.33. The fraction of sp³-hybridized carbons (Fsp3) is 0. The van der Waals surface area contributed by atoms with Crippen LogP contribution in [-0.2, 0) is 10.1 Å². The second-order valence-electron chi connectivity index (χ2n) is 12.1. The number of nitrogens with one attached hydrogen (secondary N) is 1. The van der Waals surface area contributed by atoms with Gasteiger partial charge in [0, 0.05) is 92.1 Å². The number of aromatic amines is 1. The standard InChI is InChI=1S/C32H3Br14ClN8O3S/c33-3-1-2-4(12(35)11(3)34)26-48-25(2)49-30-10-7(15(38)22(45)23(47)24(10)59(56,57)58)28(52-30)50-27-5-6(14(37)19(42)18(41)13(5)36)29(51-27)54-32-9-8(31(53-26)55(32)46)16(39)20(43)21(44)17(9)40/h1H,(H,56,57,58)(H,48,49,50,51,52,53,54). The van der Waals surface area contributed by atoms with Crippen LogP contribution in [0.2, 0.25) is 5.02 Å². The van der Waals surface area contributed by atoms with Crippen molar-refractivity contribution in [3.63, 3.8) is 0 Å². The molecule has 2 N–H and O–H groups in total. The van der Waals surface area contributed by atoms with E-state index in [1.165, 1.54) is 0 Å². The van der Waals surface area contributed by atoms with Gasteiger partial charge < -0.3 is 4.98 Å². The van der Waals surface area contributed by atoms with Gasteiger partial charge in [-0.25, -0.2) is 33.5 Å². The van der Waals surface area contributed by atoms with E-state index in [2.05, 4.69) is 228 Å². The van der Waals surface area contributed by atoms with Crippen molar-refractivity contribution in [1.29, 1.82) is 0 Å². The topological polar surface area (TPSA) is 152 Å². The van der Waals surface area contributed by atoms with Gasteiger partial charge in [0.05, 0.1) is 31.0 Å². The molecule has 0 radical (unpaired) electrons. The van der Waals surface area contributed by atoms with Crippen molar-refractivity contribution in [2.75, 3.05) is 0 Å². The van der Waals surface area contributed by atoms with Gasteiger partial charge in [-0.05, 0) is 213 Å². The zero-order valence-electron chi connectivity index (χ0n) is 27.0. The van der Waals surface area contributed by atoms with E-state index >= 15 is 0 Å². The van der Waals surface area contributed by atoms with Crippen molar-refractivity contribution >= 4 is 289 Å². The van der Waals surface area contributed by atoms with Crippen LogP contribution < -0.4 is 0 Å². The molecule has 0 unspecified atom stereocenters. The Labute approximate surface area is 453 Å². The second-order valence-corrected chi connectivity index (χ2v) is 24.9. The molecule has 59 heavy (non-hydrogen) atoms. The number of aromatic nitrogens is 8. The van der Waals surface area contributed by atoms with Gasteiger partial charge >= 0.3 is 0 Å². The van der Waals surface area contributed by atoms with Crippen LogP contribution in [0.4, 0.5) is 0 Å². The minimum Gasteiger partial charge on any atom is -0.324 e. The van der Waals surface area contributed by atoms with Crippen molar-refractivity contribution in [1.82, 2.24) is 38.5 Å². The molecule has 11 nitrogen and oxygen atoms in total. The lowest BCUT2D eigenvalue weighted by Crippen LogP contribution is -2.01. The van der Waals surface area contributed by atoms with Gasteiger partial charge in [0.25, 0.3) is 10.1 Å². The second kappa shape index (κ2) is 16.2. The molecule has 5 heterocycles. The average Bonchev–Trinajstić information content (AvgIpc) is 3.89. The Morgan fingerprint density at radius 3 is 1.47 bits per heavy atom. The van der Waals surface area contributed by atoms with Gasteiger partial charge in [0.15, 0.2) is 34.6 Å². The molecule has 2 aliphatic heterocycles. The van der Waals surface area contributed by atoms with Gasteiger partial charge in [-0.3, -0.25) is 4.55 Å². The third kappa shape index (κ3) is 6.92. The predicted octanol–water partition coefficient (Wildman–Crippen LogP) is 17.3. The largest absolute Gasteiger partial charge is 0.324 e. The Morgan fingerprint density at radius 1 is 0.508 bits per heavy atom. The molecule has 4 aromatic carbocycles. The van der Waals surface area contributed by atoms with Crippen LogP contribution in [-0.4, -0.2) is 51.5 Å². The monoisotopic (exact) mass is 1720 g/mol. The first kappa shape index (κ1) is 45.3. The SMILES string of the molecule is O=S(=O)(O)c1c(Cl)c(Br)c(Br)c2c3nc4nc(nc5c6c(Br)c(Br)c(Br)c(Br)c6c(nc6nc(nc([nH]3)c12)-c1cc(Br)c(Br)c(Br)c1-6)n5Br)-c1c(Br)c(Br)c(Br)c(Br)c1-4. The first-order valence-electron chi connectivity index (χ1n) is 15.2. The molecule has 300 valence electrons. The van der Waals surface area contributed by atoms with E-state index in [4.69, 9.17) is 41.5 Å². The van der Waals surface area contributed by atoms with Crippen LogP contribution >= 0.6 is 235 Å². The Balaban J connectivity index is 1.65. The summed E-state index contributed by atoms with van der Waals surface area (Å²) in [6, 6.07) is 1.81. The summed E-state index contributed by atoms with van der Waals surface area (Å²) in [7, 11) is -4.99. The smallest absolute Gasteiger partial charge is 0.296 e. The Hall–Kier alpha value is 1.16. The van der Waals surface area contributed by atoms with Crippen molar-refractivity contribution in [3.8, 4) is 45.6 Å². The first-order chi connectivity index (χ1) is 27.6. The summed E-state index contributed by atoms with van der Waals surface area (Å²) in [5.74, 6) is 0.794. The fourth-order valence-corrected chi connectivity index (χ4v) is 16.1. The Morgan fingerprint density at radius 2 is 0.932 bits per heavy atom. The molecule has 9 rings (SSSR count). The lowest BCUT2D eigenvalue weighted by atomic mass is 10.1. The molecular formula is C32H3Br14ClN8O3S. The summed E-state index contributed by atoms with van der Waals surface area (Å²) in [5, 5.41) is 1.14. The number of fused-ring (bicyclic) bond motifs is 20. The van der Waals surface area contributed by atoms with E-state index in [1.54, 1.807) is 3.59 Å². The maximum absolute atomic E-state index is 13.2. The van der Waals surface area contributed by atoms with Gasteiger partial charge in [0.1, 0.15) is 16.2 Å². The molecule has 0 saturated heterocycles. The van der Waals surface area contributed by atoms with Crippen LogP contribution in [0, 0.1) is 0 Å². The maximum Gasteiger partial charge on any atom is 0.296 e. The van der Waals surface area contributed by atoms with Gasteiger partial charge in [-0.15, -0.1) is 0 Å². The van der Waals surface area contributed by atoms with Crippen molar-refractivity contribution < 1.29 is 13.0 Å². The number of H-pyrrole nitrogens is 1. The molecule has 7 aromatic rings. The number of halogens is 15. The number of nitrogens with zero attached hydrogens (tertiary/aromatic N) is 7. The summed E-state index contributed by atoms with van der Waals surface area (Å²) in [6.45, 7) is 0. The van der Waals surface area contributed by atoms with Gasteiger partial charge in [-0.1, -0.05) is 11.6 Å². The average molecular weight is 1730 g/mol. The van der Waals surface area contributed by atoms with Crippen LogP contribution in [0.3, 0.4) is 0 Å². The number of hydrogen-bond acceptors (Lipinski definition) is 8. The quantitative estimate of drug-likeness (QED) is 0.0929. The van der Waals surface area contributed by atoms with Crippen LogP contribution in [0.15, 0.2) is 69.1 Å². The van der Waals surface area contributed by atoms with Gasteiger partial charge in [-0.2, -0.15) is 8.42 Å². The molecule has 8 bridgehead atoms. The molecular weight excluding hydrogens is 1730 g/mol. The van der Waals surface area contributed by atoms with E-state index in [-0.39, 0.29) is 54.9 Å². The lowest BCUT2D eigenvalue weighted by Gasteiger charge is -2.10. The normalized spacial score (nSPS) is 12.5.